The topological polar surface area (TPSA) is 68.9 Å². The molecule has 6 heteroatoms. The summed E-state index contributed by atoms with van der Waals surface area (Å²) in [6.07, 6.45) is 1.14. The van der Waals surface area contributed by atoms with Gasteiger partial charge in [-0.25, -0.2) is 4.79 Å². The first-order valence-corrected chi connectivity index (χ1v) is 10.8. The molecule has 0 fully saturated rings. The summed E-state index contributed by atoms with van der Waals surface area (Å²) in [6, 6.07) is 21.5. The summed E-state index contributed by atoms with van der Waals surface area (Å²) in [5.74, 6) is -0.810. The number of oxime groups is 1. The zero-order chi connectivity index (χ0) is 21.8. The summed E-state index contributed by atoms with van der Waals surface area (Å²) in [7, 11) is 0. The Kier molecular flexibility index (Phi) is 6.18. The molecular formula is C25H21NO4S. The normalized spacial score (nSPS) is 11.7. The molecule has 0 aliphatic heterocycles. The van der Waals surface area contributed by atoms with E-state index < -0.39 is 5.97 Å². The molecule has 0 saturated carbocycles. The highest BCUT2D eigenvalue weighted by Crippen LogP contribution is 2.35. The minimum Gasteiger partial charge on any atom is -0.456 e. The third-order valence-electron chi connectivity index (χ3n) is 4.72. The number of carbonyl (C=O) groups excluding carboxylic acids is 2. The number of rotatable bonds is 7. The summed E-state index contributed by atoms with van der Waals surface area (Å²) in [4.78, 5) is 31.1. The van der Waals surface area contributed by atoms with E-state index in [1.807, 2.05) is 43.3 Å². The minimum atomic E-state index is -0.555. The Balaban J connectivity index is 1.72. The van der Waals surface area contributed by atoms with Gasteiger partial charge in [0, 0.05) is 33.1 Å². The standard InChI is InChI=1S/C25H21NO4S/c1-3-7-22(26-30-16(2)27)25(28)17-10-12-23-20(14-17)21-15-19(11-13-24(21)29-23)31-18-8-5-4-6-9-18/h4-6,8-15H,3,7H2,1-2H3. The van der Waals surface area contributed by atoms with Crippen molar-refractivity contribution in [3.8, 4) is 0 Å². The van der Waals surface area contributed by atoms with Crippen LogP contribution < -0.4 is 0 Å². The van der Waals surface area contributed by atoms with Gasteiger partial charge in [0.05, 0.1) is 0 Å². The van der Waals surface area contributed by atoms with Crippen LogP contribution in [0.1, 0.15) is 37.0 Å². The molecule has 0 N–H and O–H groups in total. The van der Waals surface area contributed by atoms with E-state index in [9.17, 15) is 9.59 Å². The Labute approximate surface area is 184 Å². The van der Waals surface area contributed by atoms with Crippen LogP contribution in [0.5, 0.6) is 0 Å². The van der Waals surface area contributed by atoms with Crippen molar-refractivity contribution in [1.29, 1.82) is 0 Å². The maximum Gasteiger partial charge on any atom is 0.331 e. The SMILES string of the molecule is CCCC(=NOC(C)=O)C(=O)c1ccc2oc3ccc(Sc4ccccc4)cc3c2c1. The maximum absolute atomic E-state index is 13.0. The van der Waals surface area contributed by atoms with Gasteiger partial charge in [-0.3, -0.25) is 4.79 Å². The smallest absolute Gasteiger partial charge is 0.331 e. The Hall–Kier alpha value is -3.38. The fourth-order valence-electron chi connectivity index (χ4n) is 3.31. The van der Waals surface area contributed by atoms with E-state index in [-0.39, 0.29) is 11.5 Å². The molecule has 156 valence electrons. The molecule has 4 rings (SSSR count). The Bertz CT molecular complexity index is 1290. The van der Waals surface area contributed by atoms with E-state index in [1.165, 1.54) is 6.92 Å². The molecule has 0 aliphatic rings. The van der Waals surface area contributed by atoms with Crippen molar-refractivity contribution in [2.75, 3.05) is 0 Å². The van der Waals surface area contributed by atoms with E-state index in [0.717, 1.165) is 26.1 Å². The predicted molar refractivity (Wildman–Crippen MR) is 123 cm³/mol. The lowest BCUT2D eigenvalue weighted by molar-refractivity contribution is -0.140. The van der Waals surface area contributed by atoms with E-state index >= 15 is 0 Å². The van der Waals surface area contributed by atoms with Crippen LogP contribution in [0.3, 0.4) is 0 Å². The van der Waals surface area contributed by atoms with Crippen molar-refractivity contribution in [3.05, 3.63) is 72.3 Å². The first-order chi connectivity index (χ1) is 15.0. The van der Waals surface area contributed by atoms with Crippen LogP contribution in [0.15, 0.2) is 86.1 Å². The molecule has 0 aliphatic carbocycles. The van der Waals surface area contributed by atoms with Crippen LogP contribution in [-0.2, 0) is 9.63 Å². The van der Waals surface area contributed by atoms with Gasteiger partial charge in [0.1, 0.15) is 16.9 Å². The van der Waals surface area contributed by atoms with Crippen LogP contribution in [-0.4, -0.2) is 17.5 Å². The lowest BCUT2D eigenvalue weighted by Gasteiger charge is -2.04. The molecule has 0 bridgehead atoms. The second-order valence-corrected chi connectivity index (χ2v) is 8.23. The number of hydrogen-bond donors (Lipinski definition) is 0. The van der Waals surface area contributed by atoms with Gasteiger partial charge in [-0.15, -0.1) is 0 Å². The number of Topliss-reactive ketones (excluding diaryl/α,β-unsaturated/α-hetero) is 1. The Morgan fingerprint density at radius 3 is 2.35 bits per heavy atom. The molecule has 4 aromatic rings. The number of fused-ring (bicyclic) bond motifs is 3. The molecule has 0 unspecified atom stereocenters. The van der Waals surface area contributed by atoms with Crippen molar-refractivity contribution < 1.29 is 18.8 Å². The summed E-state index contributed by atoms with van der Waals surface area (Å²) < 4.78 is 5.96. The zero-order valence-corrected chi connectivity index (χ0v) is 18.1. The van der Waals surface area contributed by atoms with E-state index in [1.54, 1.807) is 23.9 Å². The monoisotopic (exact) mass is 431 g/mol. The quantitative estimate of drug-likeness (QED) is 0.142. The van der Waals surface area contributed by atoms with Gasteiger partial charge in [-0.05, 0) is 55.0 Å². The highest BCUT2D eigenvalue weighted by atomic mass is 32.2. The van der Waals surface area contributed by atoms with E-state index in [2.05, 4.69) is 23.4 Å². The largest absolute Gasteiger partial charge is 0.456 e. The Morgan fingerprint density at radius 2 is 1.65 bits per heavy atom. The molecule has 1 aromatic heterocycles. The molecular weight excluding hydrogens is 410 g/mol. The van der Waals surface area contributed by atoms with Gasteiger partial charge >= 0.3 is 5.97 Å². The molecule has 0 radical (unpaired) electrons. The van der Waals surface area contributed by atoms with Gasteiger partial charge in [0.25, 0.3) is 0 Å². The first-order valence-electron chi connectivity index (χ1n) is 10.0. The highest BCUT2D eigenvalue weighted by Gasteiger charge is 2.17. The van der Waals surface area contributed by atoms with Crippen molar-refractivity contribution in [3.63, 3.8) is 0 Å². The molecule has 0 amide bonds. The van der Waals surface area contributed by atoms with Crippen molar-refractivity contribution in [1.82, 2.24) is 0 Å². The van der Waals surface area contributed by atoms with Gasteiger partial charge < -0.3 is 9.25 Å². The van der Waals surface area contributed by atoms with Crippen LogP contribution >= 0.6 is 11.8 Å². The van der Waals surface area contributed by atoms with Crippen LogP contribution in [0.4, 0.5) is 0 Å². The van der Waals surface area contributed by atoms with E-state index in [4.69, 9.17) is 9.25 Å². The van der Waals surface area contributed by atoms with Crippen LogP contribution in [0, 0.1) is 0 Å². The summed E-state index contributed by atoms with van der Waals surface area (Å²) in [6.45, 7) is 3.20. The van der Waals surface area contributed by atoms with Crippen LogP contribution in [0.2, 0.25) is 0 Å². The molecule has 0 spiro atoms. The number of carbonyl (C=O) groups is 2. The molecule has 0 saturated heterocycles. The average Bonchev–Trinajstić information content (AvgIpc) is 3.14. The average molecular weight is 432 g/mol. The lowest BCUT2D eigenvalue weighted by atomic mass is 10.0. The van der Waals surface area contributed by atoms with Gasteiger partial charge in [0.2, 0.25) is 5.78 Å². The second-order valence-electron chi connectivity index (χ2n) is 7.09. The second kappa shape index (κ2) is 9.18. The molecule has 5 nitrogen and oxygen atoms in total. The fourth-order valence-corrected chi connectivity index (χ4v) is 4.19. The summed E-state index contributed by atoms with van der Waals surface area (Å²) in [5, 5.41) is 5.58. The molecule has 31 heavy (non-hydrogen) atoms. The number of furan rings is 1. The summed E-state index contributed by atoms with van der Waals surface area (Å²) in [5.41, 5.74) is 2.18. The Morgan fingerprint density at radius 1 is 0.935 bits per heavy atom. The highest BCUT2D eigenvalue weighted by molar-refractivity contribution is 7.99. The predicted octanol–water partition coefficient (Wildman–Crippen LogP) is 6.64. The van der Waals surface area contributed by atoms with Crippen molar-refractivity contribution >= 4 is 51.2 Å². The first kappa shape index (κ1) is 20.9. The third-order valence-corrected chi connectivity index (χ3v) is 5.71. The van der Waals surface area contributed by atoms with Gasteiger partial charge in [0.15, 0.2) is 0 Å². The van der Waals surface area contributed by atoms with Crippen LogP contribution in [0.25, 0.3) is 21.9 Å². The third kappa shape index (κ3) is 4.70. The lowest BCUT2D eigenvalue weighted by Crippen LogP contribution is -2.15. The summed E-state index contributed by atoms with van der Waals surface area (Å²) >= 11 is 1.67. The fraction of sp³-hybridized carbons (Fsp3) is 0.160. The molecule has 3 aromatic carbocycles. The van der Waals surface area contributed by atoms with Crippen molar-refractivity contribution in [2.45, 2.75) is 36.5 Å². The number of benzene rings is 3. The minimum absolute atomic E-state index is 0.227. The van der Waals surface area contributed by atoms with Gasteiger partial charge in [-0.1, -0.05) is 48.5 Å². The zero-order valence-electron chi connectivity index (χ0n) is 17.3. The number of hydrogen-bond acceptors (Lipinski definition) is 6. The number of nitrogens with zero attached hydrogens (tertiary/aromatic N) is 1. The number of ketones is 1. The van der Waals surface area contributed by atoms with Crippen molar-refractivity contribution in [2.24, 2.45) is 5.16 Å². The maximum atomic E-state index is 13.0. The molecule has 0 atom stereocenters. The van der Waals surface area contributed by atoms with E-state index in [0.29, 0.717) is 24.0 Å². The van der Waals surface area contributed by atoms with Gasteiger partial charge in [-0.2, -0.15) is 0 Å². The molecule has 1 heterocycles.